The highest BCUT2D eigenvalue weighted by Crippen LogP contribution is 2.52. The van der Waals surface area contributed by atoms with E-state index in [9.17, 15) is 0 Å². The van der Waals surface area contributed by atoms with Crippen LogP contribution in [0.25, 0.3) is 66.1 Å². The van der Waals surface area contributed by atoms with Crippen molar-refractivity contribution in [1.29, 1.82) is 0 Å². The maximum Gasteiger partial charge on any atom is 0.143 e. The van der Waals surface area contributed by atoms with Crippen molar-refractivity contribution in [3.63, 3.8) is 0 Å². The zero-order chi connectivity index (χ0) is 34.1. The van der Waals surface area contributed by atoms with Gasteiger partial charge in [0.1, 0.15) is 11.2 Å². The molecule has 0 atom stereocenters. The monoisotopic (exact) mass is 653 g/mol. The van der Waals surface area contributed by atoms with Crippen molar-refractivity contribution in [2.45, 2.75) is 19.3 Å². The maximum absolute atomic E-state index is 6.74. The molecule has 2 nitrogen and oxygen atoms in total. The number of hydrogen-bond donors (Lipinski definition) is 0. The molecule has 1 aliphatic carbocycles. The minimum absolute atomic E-state index is 0.117. The van der Waals surface area contributed by atoms with Gasteiger partial charge in [-0.15, -0.1) is 0 Å². The average Bonchev–Trinajstić information content (AvgIpc) is 3.67. The normalized spacial score (nSPS) is 13.1. The lowest BCUT2D eigenvalue weighted by Gasteiger charge is -2.29. The molecule has 242 valence electrons. The van der Waals surface area contributed by atoms with Crippen molar-refractivity contribution >= 4 is 49.8 Å². The molecule has 10 rings (SSSR count). The lowest BCUT2D eigenvalue weighted by Crippen LogP contribution is -2.16. The van der Waals surface area contributed by atoms with Crippen molar-refractivity contribution in [1.82, 2.24) is 0 Å². The minimum Gasteiger partial charge on any atom is -0.455 e. The van der Waals surface area contributed by atoms with Crippen LogP contribution < -0.4 is 4.90 Å². The molecule has 0 aliphatic heterocycles. The molecule has 0 amide bonds. The van der Waals surface area contributed by atoms with Crippen LogP contribution >= 0.6 is 0 Å². The summed E-state index contributed by atoms with van der Waals surface area (Å²) in [5.74, 6) is 0. The van der Waals surface area contributed by atoms with Crippen LogP contribution in [-0.4, -0.2) is 0 Å². The predicted molar refractivity (Wildman–Crippen MR) is 214 cm³/mol. The fraction of sp³-hybridized carbons (Fsp3) is 0.0612. The Balaban J connectivity index is 1.21. The van der Waals surface area contributed by atoms with Crippen molar-refractivity contribution in [2.75, 3.05) is 4.90 Å². The minimum atomic E-state index is -0.117. The van der Waals surface area contributed by atoms with Gasteiger partial charge in [0, 0.05) is 38.3 Å². The largest absolute Gasteiger partial charge is 0.455 e. The van der Waals surface area contributed by atoms with Gasteiger partial charge in [0.2, 0.25) is 0 Å². The zero-order valence-corrected chi connectivity index (χ0v) is 28.6. The summed E-state index contributed by atoms with van der Waals surface area (Å²) in [5.41, 5.74) is 15.1. The Morgan fingerprint density at radius 2 is 1.00 bits per heavy atom. The van der Waals surface area contributed by atoms with Crippen LogP contribution in [0.2, 0.25) is 0 Å². The number of hydrogen-bond acceptors (Lipinski definition) is 2. The van der Waals surface area contributed by atoms with Crippen molar-refractivity contribution < 1.29 is 4.42 Å². The van der Waals surface area contributed by atoms with Crippen molar-refractivity contribution in [3.05, 3.63) is 187 Å². The Hall–Kier alpha value is -6.38. The average molecular weight is 654 g/mol. The Labute approximate surface area is 297 Å². The Morgan fingerprint density at radius 1 is 0.412 bits per heavy atom. The van der Waals surface area contributed by atoms with Gasteiger partial charge in [0.15, 0.2) is 0 Å². The molecule has 0 unspecified atom stereocenters. The number of anilines is 3. The standard InChI is InChI=1S/C49H35NO/c1-49(2)44-20-12-11-17-38(44)39-28-26-37(30-45(39)49)50(36-24-21-34(22-25-36)32-13-5-3-6-14-32)46-31-43-41-27-23-35(33-15-7-4-8-16-33)29-47(41)51-48(43)42-19-10-9-18-40(42)46/h3-31H,1-2H3. The fourth-order valence-corrected chi connectivity index (χ4v) is 8.27. The first-order valence-corrected chi connectivity index (χ1v) is 17.7. The molecule has 0 bridgehead atoms. The van der Waals surface area contributed by atoms with E-state index in [1.165, 1.54) is 38.9 Å². The molecule has 1 aromatic heterocycles. The quantitative estimate of drug-likeness (QED) is 0.184. The summed E-state index contributed by atoms with van der Waals surface area (Å²) >= 11 is 0. The van der Waals surface area contributed by atoms with Crippen LogP contribution in [0.5, 0.6) is 0 Å². The van der Waals surface area contributed by atoms with Gasteiger partial charge in [-0.2, -0.15) is 0 Å². The summed E-state index contributed by atoms with van der Waals surface area (Å²) in [7, 11) is 0. The van der Waals surface area contributed by atoms with Crippen LogP contribution in [0.3, 0.4) is 0 Å². The third-order valence-corrected chi connectivity index (χ3v) is 10.9. The van der Waals surface area contributed by atoms with E-state index in [4.69, 9.17) is 4.42 Å². The van der Waals surface area contributed by atoms with Crippen LogP contribution in [0.4, 0.5) is 17.1 Å². The molecule has 9 aromatic rings. The molecular formula is C49H35NO. The fourth-order valence-electron chi connectivity index (χ4n) is 8.27. The molecule has 0 spiro atoms. The highest BCUT2D eigenvalue weighted by molar-refractivity contribution is 6.20. The third-order valence-electron chi connectivity index (χ3n) is 10.9. The number of nitrogens with zero attached hydrogens (tertiary/aromatic N) is 1. The maximum atomic E-state index is 6.74. The molecule has 0 radical (unpaired) electrons. The van der Waals surface area contributed by atoms with E-state index in [1.54, 1.807) is 0 Å². The second kappa shape index (κ2) is 11.3. The Morgan fingerprint density at radius 3 is 1.76 bits per heavy atom. The third kappa shape index (κ3) is 4.64. The van der Waals surface area contributed by atoms with Gasteiger partial charge in [-0.05, 0) is 87.0 Å². The lowest BCUT2D eigenvalue weighted by atomic mass is 9.82. The number of benzene rings is 8. The summed E-state index contributed by atoms with van der Waals surface area (Å²) in [5, 5.41) is 4.46. The Bertz CT molecular complexity index is 2760. The molecule has 1 aliphatic rings. The molecule has 0 saturated carbocycles. The Kier molecular flexibility index (Phi) is 6.56. The number of rotatable bonds is 5. The molecule has 0 saturated heterocycles. The van der Waals surface area contributed by atoms with E-state index < -0.39 is 0 Å². The van der Waals surface area contributed by atoms with Gasteiger partial charge in [0.05, 0.1) is 5.69 Å². The van der Waals surface area contributed by atoms with Crippen LogP contribution in [0, 0.1) is 0 Å². The van der Waals surface area contributed by atoms with Gasteiger partial charge in [-0.3, -0.25) is 0 Å². The van der Waals surface area contributed by atoms with E-state index in [0.717, 1.165) is 55.3 Å². The van der Waals surface area contributed by atoms with Gasteiger partial charge in [0.25, 0.3) is 0 Å². The summed E-state index contributed by atoms with van der Waals surface area (Å²) in [6, 6.07) is 63.6. The first kappa shape index (κ1) is 29.5. The molecule has 0 N–H and O–H groups in total. The summed E-state index contributed by atoms with van der Waals surface area (Å²) in [6.07, 6.45) is 0. The summed E-state index contributed by atoms with van der Waals surface area (Å²) in [4.78, 5) is 2.44. The topological polar surface area (TPSA) is 16.4 Å². The van der Waals surface area contributed by atoms with Gasteiger partial charge in [-0.1, -0.05) is 147 Å². The van der Waals surface area contributed by atoms with Crippen LogP contribution in [0.1, 0.15) is 25.0 Å². The molecule has 0 fully saturated rings. The van der Waals surface area contributed by atoms with Crippen LogP contribution in [-0.2, 0) is 5.41 Å². The van der Waals surface area contributed by atoms with Gasteiger partial charge in [-0.25, -0.2) is 0 Å². The molecule has 1 heterocycles. The van der Waals surface area contributed by atoms with E-state index in [1.807, 2.05) is 0 Å². The molecule has 8 aromatic carbocycles. The van der Waals surface area contributed by atoms with E-state index in [2.05, 4.69) is 195 Å². The highest BCUT2D eigenvalue weighted by atomic mass is 16.3. The van der Waals surface area contributed by atoms with Gasteiger partial charge < -0.3 is 9.32 Å². The molecule has 2 heteroatoms. The van der Waals surface area contributed by atoms with Gasteiger partial charge >= 0.3 is 0 Å². The summed E-state index contributed by atoms with van der Waals surface area (Å²) in [6.45, 7) is 4.70. The first-order valence-electron chi connectivity index (χ1n) is 17.7. The van der Waals surface area contributed by atoms with Crippen molar-refractivity contribution in [3.8, 4) is 33.4 Å². The lowest BCUT2D eigenvalue weighted by molar-refractivity contribution is 0.660. The summed E-state index contributed by atoms with van der Waals surface area (Å²) < 4.78 is 6.74. The number of furan rings is 1. The second-order valence-corrected chi connectivity index (χ2v) is 14.1. The predicted octanol–water partition coefficient (Wildman–Crippen LogP) is 13.8. The first-order chi connectivity index (χ1) is 25.0. The SMILES string of the molecule is CC1(C)c2ccccc2-c2ccc(N(c3ccc(-c4ccccc4)cc3)c3cc4c5ccc(-c6ccccc6)cc5oc4c4ccccc34)cc21. The molecular weight excluding hydrogens is 619 g/mol. The van der Waals surface area contributed by atoms with E-state index >= 15 is 0 Å². The highest BCUT2D eigenvalue weighted by Gasteiger charge is 2.36. The number of fused-ring (bicyclic) bond motifs is 8. The zero-order valence-electron chi connectivity index (χ0n) is 28.6. The van der Waals surface area contributed by atoms with E-state index in [-0.39, 0.29) is 5.41 Å². The van der Waals surface area contributed by atoms with Crippen LogP contribution in [0.15, 0.2) is 180 Å². The van der Waals surface area contributed by atoms with Crippen molar-refractivity contribution in [2.24, 2.45) is 0 Å². The van der Waals surface area contributed by atoms with E-state index in [0.29, 0.717) is 0 Å². The molecule has 51 heavy (non-hydrogen) atoms. The second-order valence-electron chi connectivity index (χ2n) is 14.1. The smallest absolute Gasteiger partial charge is 0.143 e.